The number of carbonyl (C=O) groups is 2. The third kappa shape index (κ3) is 5.28. The second-order valence-electron chi connectivity index (χ2n) is 6.28. The van der Waals surface area contributed by atoms with Crippen LogP contribution in [0, 0.1) is 0 Å². The summed E-state index contributed by atoms with van der Waals surface area (Å²) in [5, 5.41) is 10.0. The van der Waals surface area contributed by atoms with Gasteiger partial charge in [-0.2, -0.15) is 5.10 Å². The lowest BCUT2D eigenvalue weighted by atomic mass is 10.0. The quantitative estimate of drug-likeness (QED) is 0.678. The van der Waals surface area contributed by atoms with Gasteiger partial charge in [-0.25, -0.2) is 4.68 Å². The lowest BCUT2D eigenvalue weighted by Gasteiger charge is -2.18. The van der Waals surface area contributed by atoms with Crippen molar-refractivity contribution in [3.05, 3.63) is 84.1 Å². The van der Waals surface area contributed by atoms with Crippen molar-refractivity contribution in [1.29, 1.82) is 0 Å². The molecule has 1 atom stereocenters. The Morgan fingerprint density at radius 1 is 1.00 bits per heavy atom. The number of nitrogens with zero attached hydrogens (tertiary/aromatic N) is 2. The number of anilines is 1. The highest BCUT2D eigenvalue weighted by Gasteiger charge is 2.18. The van der Waals surface area contributed by atoms with Crippen LogP contribution in [0.3, 0.4) is 0 Å². The van der Waals surface area contributed by atoms with E-state index < -0.39 is 0 Å². The Balaban J connectivity index is 1.68. The Kier molecular flexibility index (Phi) is 5.99. The molecule has 0 radical (unpaired) electrons. The standard InChI is InChI=1S/C21H22N4O2/c1-16(26)23-19(18-10-6-3-7-11-18)14-21(27)24-20-12-13-22-25(20)15-17-8-4-2-5-9-17/h2-13,19H,14-15H2,1H3,(H,23,26)(H,24,27)/t19-/m1/s1. The highest BCUT2D eigenvalue weighted by molar-refractivity contribution is 5.90. The lowest BCUT2D eigenvalue weighted by Crippen LogP contribution is -2.30. The molecule has 1 aromatic heterocycles. The van der Waals surface area contributed by atoms with Gasteiger partial charge in [-0.05, 0) is 11.1 Å². The summed E-state index contributed by atoms with van der Waals surface area (Å²) in [6, 6.07) is 20.8. The number of carbonyl (C=O) groups excluding carboxylic acids is 2. The number of aromatic nitrogens is 2. The monoisotopic (exact) mass is 362 g/mol. The SMILES string of the molecule is CC(=O)N[C@H](CC(=O)Nc1ccnn1Cc1ccccc1)c1ccccc1. The van der Waals surface area contributed by atoms with E-state index in [-0.39, 0.29) is 24.3 Å². The minimum Gasteiger partial charge on any atom is -0.349 e. The van der Waals surface area contributed by atoms with E-state index in [1.54, 1.807) is 16.9 Å². The molecule has 0 aliphatic carbocycles. The zero-order valence-corrected chi connectivity index (χ0v) is 15.1. The van der Waals surface area contributed by atoms with E-state index in [9.17, 15) is 9.59 Å². The molecular weight excluding hydrogens is 340 g/mol. The van der Waals surface area contributed by atoms with Crippen LogP contribution in [0.4, 0.5) is 5.82 Å². The number of hydrogen-bond acceptors (Lipinski definition) is 3. The predicted octanol–water partition coefficient (Wildman–Crippen LogP) is 3.14. The third-order valence-electron chi connectivity index (χ3n) is 4.13. The zero-order valence-electron chi connectivity index (χ0n) is 15.1. The van der Waals surface area contributed by atoms with Gasteiger partial charge in [-0.1, -0.05) is 60.7 Å². The van der Waals surface area contributed by atoms with Gasteiger partial charge in [0, 0.05) is 13.0 Å². The predicted molar refractivity (Wildman–Crippen MR) is 104 cm³/mol. The second kappa shape index (κ2) is 8.80. The van der Waals surface area contributed by atoms with Gasteiger partial charge in [0.15, 0.2) is 0 Å². The van der Waals surface area contributed by atoms with E-state index in [2.05, 4.69) is 15.7 Å². The molecule has 27 heavy (non-hydrogen) atoms. The van der Waals surface area contributed by atoms with Crippen LogP contribution in [0.5, 0.6) is 0 Å². The fourth-order valence-electron chi connectivity index (χ4n) is 2.88. The molecule has 2 N–H and O–H groups in total. The topological polar surface area (TPSA) is 76.0 Å². The Bertz CT molecular complexity index is 891. The Hall–Kier alpha value is -3.41. The van der Waals surface area contributed by atoms with Gasteiger partial charge < -0.3 is 10.6 Å². The Labute approximate surface area is 158 Å². The van der Waals surface area contributed by atoms with Crippen molar-refractivity contribution in [2.45, 2.75) is 25.9 Å². The minimum atomic E-state index is -0.380. The minimum absolute atomic E-state index is 0.139. The molecule has 138 valence electrons. The molecule has 1 heterocycles. The Morgan fingerprint density at radius 3 is 2.33 bits per heavy atom. The van der Waals surface area contributed by atoms with Gasteiger partial charge in [0.1, 0.15) is 5.82 Å². The summed E-state index contributed by atoms with van der Waals surface area (Å²) in [4.78, 5) is 24.1. The maximum atomic E-state index is 12.6. The van der Waals surface area contributed by atoms with Crippen LogP contribution in [0.25, 0.3) is 0 Å². The first kappa shape index (κ1) is 18.4. The average Bonchev–Trinajstić information content (AvgIpc) is 3.09. The number of amides is 2. The molecule has 2 amide bonds. The summed E-state index contributed by atoms with van der Waals surface area (Å²) < 4.78 is 1.74. The van der Waals surface area contributed by atoms with E-state index >= 15 is 0 Å². The fraction of sp³-hybridized carbons (Fsp3) is 0.190. The van der Waals surface area contributed by atoms with Gasteiger partial charge in [-0.3, -0.25) is 9.59 Å². The van der Waals surface area contributed by atoms with Crippen LogP contribution >= 0.6 is 0 Å². The number of rotatable bonds is 7. The molecular formula is C21H22N4O2. The van der Waals surface area contributed by atoms with Crippen LogP contribution in [0.1, 0.15) is 30.5 Å². The van der Waals surface area contributed by atoms with Gasteiger partial charge in [-0.15, -0.1) is 0 Å². The maximum Gasteiger partial charge on any atom is 0.227 e. The van der Waals surface area contributed by atoms with Crippen molar-refractivity contribution < 1.29 is 9.59 Å². The van der Waals surface area contributed by atoms with Crippen LogP contribution < -0.4 is 10.6 Å². The van der Waals surface area contributed by atoms with Gasteiger partial charge in [0.25, 0.3) is 0 Å². The zero-order chi connectivity index (χ0) is 19.1. The fourth-order valence-corrected chi connectivity index (χ4v) is 2.88. The first-order valence-electron chi connectivity index (χ1n) is 8.79. The highest BCUT2D eigenvalue weighted by Crippen LogP contribution is 2.18. The van der Waals surface area contributed by atoms with Crippen molar-refractivity contribution in [2.24, 2.45) is 0 Å². The molecule has 0 saturated heterocycles. The van der Waals surface area contributed by atoms with E-state index in [0.717, 1.165) is 11.1 Å². The van der Waals surface area contributed by atoms with E-state index in [1.807, 2.05) is 60.7 Å². The molecule has 0 unspecified atom stereocenters. The smallest absolute Gasteiger partial charge is 0.227 e. The Morgan fingerprint density at radius 2 is 1.67 bits per heavy atom. The molecule has 0 spiro atoms. The van der Waals surface area contributed by atoms with Gasteiger partial charge >= 0.3 is 0 Å². The van der Waals surface area contributed by atoms with Crippen LogP contribution in [0.15, 0.2) is 72.9 Å². The molecule has 2 aromatic carbocycles. The molecule has 0 bridgehead atoms. The highest BCUT2D eigenvalue weighted by atomic mass is 16.2. The van der Waals surface area contributed by atoms with Crippen LogP contribution in [0.2, 0.25) is 0 Å². The van der Waals surface area contributed by atoms with Gasteiger partial charge in [0.05, 0.1) is 25.2 Å². The molecule has 0 fully saturated rings. The average molecular weight is 362 g/mol. The summed E-state index contributed by atoms with van der Waals surface area (Å²) in [6.07, 6.45) is 1.79. The van der Waals surface area contributed by atoms with Crippen molar-refractivity contribution in [1.82, 2.24) is 15.1 Å². The summed E-state index contributed by atoms with van der Waals surface area (Å²) in [7, 11) is 0. The van der Waals surface area contributed by atoms with Crippen LogP contribution in [-0.2, 0) is 16.1 Å². The van der Waals surface area contributed by atoms with Crippen LogP contribution in [-0.4, -0.2) is 21.6 Å². The lowest BCUT2D eigenvalue weighted by molar-refractivity contribution is -0.120. The molecule has 6 nitrogen and oxygen atoms in total. The first-order valence-corrected chi connectivity index (χ1v) is 8.79. The van der Waals surface area contributed by atoms with E-state index in [0.29, 0.717) is 12.4 Å². The largest absolute Gasteiger partial charge is 0.349 e. The summed E-state index contributed by atoms with van der Waals surface area (Å²) in [6.45, 7) is 2.01. The number of hydrogen-bond donors (Lipinski definition) is 2. The third-order valence-corrected chi connectivity index (χ3v) is 4.13. The molecule has 3 rings (SSSR count). The maximum absolute atomic E-state index is 12.6. The van der Waals surface area contributed by atoms with Crippen molar-refractivity contribution in [3.8, 4) is 0 Å². The number of benzene rings is 2. The summed E-state index contributed by atoms with van der Waals surface area (Å²) >= 11 is 0. The summed E-state index contributed by atoms with van der Waals surface area (Å²) in [5.74, 6) is 0.261. The molecule has 6 heteroatoms. The van der Waals surface area contributed by atoms with E-state index in [1.165, 1.54) is 6.92 Å². The normalized spacial score (nSPS) is 11.6. The second-order valence-corrected chi connectivity index (χ2v) is 6.28. The molecule has 0 aliphatic rings. The first-order chi connectivity index (χ1) is 13.1. The molecule has 3 aromatic rings. The van der Waals surface area contributed by atoms with Gasteiger partial charge in [0.2, 0.25) is 11.8 Å². The van der Waals surface area contributed by atoms with Crippen molar-refractivity contribution in [2.75, 3.05) is 5.32 Å². The van der Waals surface area contributed by atoms with Crippen molar-refractivity contribution in [3.63, 3.8) is 0 Å². The van der Waals surface area contributed by atoms with Crippen molar-refractivity contribution >= 4 is 17.6 Å². The molecule has 0 saturated carbocycles. The molecule has 0 aliphatic heterocycles. The number of nitrogens with one attached hydrogen (secondary N) is 2. The summed E-state index contributed by atoms with van der Waals surface area (Å²) in [5.41, 5.74) is 1.98. The van der Waals surface area contributed by atoms with E-state index in [4.69, 9.17) is 0 Å².